The van der Waals surface area contributed by atoms with Crippen molar-refractivity contribution in [1.82, 2.24) is 0 Å². The lowest BCUT2D eigenvalue weighted by molar-refractivity contribution is 0.267. The van der Waals surface area contributed by atoms with Crippen molar-refractivity contribution in [1.29, 1.82) is 0 Å². The van der Waals surface area contributed by atoms with E-state index in [2.05, 4.69) is 0 Å². The van der Waals surface area contributed by atoms with Crippen molar-refractivity contribution >= 4 is 7.60 Å². The average Bonchev–Trinajstić information content (AvgIpc) is 2.28. The van der Waals surface area contributed by atoms with Gasteiger partial charge in [-0.2, -0.15) is 0 Å². The molecule has 15 heavy (non-hydrogen) atoms. The summed E-state index contributed by atoms with van der Waals surface area (Å²) in [5, 5.41) is 0. The number of aryl methyl sites for hydroxylation is 1. The molecule has 0 radical (unpaired) electrons. The third-order valence-corrected chi connectivity index (χ3v) is 4.81. The molecule has 0 N–H and O–H groups in total. The Bertz CT molecular complexity index is 351. The van der Waals surface area contributed by atoms with E-state index in [0.29, 0.717) is 0 Å². The predicted octanol–water partition coefficient (Wildman–Crippen LogP) is 3.54. The topological polar surface area (TPSA) is 35.5 Å². The number of hydrogen-bond donors (Lipinski definition) is 0. The molecule has 0 saturated heterocycles. The lowest BCUT2D eigenvalue weighted by Crippen LogP contribution is -1.99. The minimum Gasteiger partial charge on any atom is -0.312 e. The van der Waals surface area contributed by atoms with Crippen molar-refractivity contribution in [3.8, 4) is 0 Å². The molecule has 3 nitrogen and oxygen atoms in total. The molecule has 4 heteroatoms. The number of rotatable bonds is 4. The van der Waals surface area contributed by atoms with Gasteiger partial charge in [0.2, 0.25) is 0 Å². The first-order valence-electron chi connectivity index (χ1n) is 4.81. The van der Waals surface area contributed by atoms with Crippen molar-refractivity contribution in [2.45, 2.75) is 19.5 Å². The van der Waals surface area contributed by atoms with Crippen LogP contribution in [-0.4, -0.2) is 14.2 Å². The summed E-state index contributed by atoms with van der Waals surface area (Å²) in [7, 11) is -0.186. The Balaban J connectivity index is 2.98. The lowest BCUT2D eigenvalue weighted by atomic mass is 10.1. The molecule has 0 aromatic heterocycles. The summed E-state index contributed by atoms with van der Waals surface area (Å²) in [6, 6.07) is 7.87. The van der Waals surface area contributed by atoms with Gasteiger partial charge in [-0.05, 0) is 19.4 Å². The molecule has 0 bridgehead atoms. The molecule has 0 amide bonds. The van der Waals surface area contributed by atoms with Gasteiger partial charge in [-0.15, -0.1) is 0 Å². The third-order valence-electron chi connectivity index (χ3n) is 2.54. The van der Waals surface area contributed by atoms with Crippen LogP contribution in [0.3, 0.4) is 0 Å². The van der Waals surface area contributed by atoms with Crippen molar-refractivity contribution in [2.75, 3.05) is 14.2 Å². The Morgan fingerprint density at radius 2 is 1.60 bits per heavy atom. The Hall–Kier alpha value is -0.630. The highest BCUT2D eigenvalue weighted by Crippen LogP contribution is 2.59. The molecule has 0 unspecified atom stereocenters. The van der Waals surface area contributed by atoms with Crippen LogP contribution in [0, 0.1) is 6.92 Å². The number of benzene rings is 1. The zero-order chi connectivity index (χ0) is 11.5. The maximum atomic E-state index is 12.1. The molecule has 0 fully saturated rings. The van der Waals surface area contributed by atoms with Gasteiger partial charge in [0.25, 0.3) is 0 Å². The molecule has 1 atom stereocenters. The Morgan fingerprint density at radius 3 is 2.00 bits per heavy atom. The SMILES string of the molecule is COP(=O)(OC)[C@H](C)c1ccc(C)cc1. The summed E-state index contributed by atoms with van der Waals surface area (Å²) in [6.45, 7) is 3.86. The van der Waals surface area contributed by atoms with Crippen molar-refractivity contribution in [3.05, 3.63) is 35.4 Å². The smallest absolute Gasteiger partial charge is 0.312 e. The van der Waals surface area contributed by atoms with Crippen LogP contribution in [-0.2, 0) is 13.6 Å². The van der Waals surface area contributed by atoms with Crippen LogP contribution in [0.5, 0.6) is 0 Å². The molecule has 0 aliphatic heterocycles. The van der Waals surface area contributed by atoms with Gasteiger partial charge >= 0.3 is 7.60 Å². The van der Waals surface area contributed by atoms with Crippen LogP contribution >= 0.6 is 7.60 Å². The second-order valence-corrected chi connectivity index (χ2v) is 6.08. The molecule has 1 rings (SSSR count). The van der Waals surface area contributed by atoms with E-state index in [-0.39, 0.29) is 5.66 Å². The van der Waals surface area contributed by atoms with E-state index in [4.69, 9.17) is 9.05 Å². The minimum atomic E-state index is -3.01. The van der Waals surface area contributed by atoms with Crippen LogP contribution in [0.25, 0.3) is 0 Å². The summed E-state index contributed by atoms with van der Waals surface area (Å²) in [5.41, 5.74) is 1.90. The van der Waals surface area contributed by atoms with Crippen LogP contribution in [0.1, 0.15) is 23.7 Å². The van der Waals surface area contributed by atoms with Gasteiger partial charge in [0, 0.05) is 14.2 Å². The number of hydrogen-bond acceptors (Lipinski definition) is 3. The van der Waals surface area contributed by atoms with E-state index in [1.807, 2.05) is 38.1 Å². The van der Waals surface area contributed by atoms with E-state index in [1.165, 1.54) is 19.8 Å². The standard InChI is InChI=1S/C11H17O3P/c1-9-5-7-11(8-6-9)10(2)15(12,13-3)14-4/h5-8,10H,1-4H3/t10-/m1/s1. The molecular formula is C11H17O3P. The first kappa shape index (κ1) is 12.4. The van der Waals surface area contributed by atoms with Crippen molar-refractivity contribution < 1.29 is 13.6 Å². The molecule has 84 valence electrons. The Labute approximate surface area is 90.9 Å². The van der Waals surface area contributed by atoms with Crippen LogP contribution in [0.4, 0.5) is 0 Å². The van der Waals surface area contributed by atoms with Crippen LogP contribution in [0.2, 0.25) is 0 Å². The van der Waals surface area contributed by atoms with Crippen LogP contribution < -0.4 is 0 Å². The summed E-state index contributed by atoms with van der Waals surface area (Å²) >= 11 is 0. The monoisotopic (exact) mass is 228 g/mol. The minimum absolute atomic E-state index is 0.243. The van der Waals surface area contributed by atoms with E-state index in [9.17, 15) is 4.57 Å². The molecule has 0 heterocycles. The van der Waals surface area contributed by atoms with Crippen molar-refractivity contribution in [2.24, 2.45) is 0 Å². The fourth-order valence-electron chi connectivity index (χ4n) is 1.42. The van der Waals surface area contributed by atoms with E-state index < -0.39 is 7.60 Å². The van der Waals surface area contributed by atoms with Gasteiger partial charge < -0.3 is 9.05 Å². The predicted molar refractivity (Wildman–Crippen MR) is 61.2 cm³/mol. The summed E-state index contributed by atoms with van der Waals surface area (Å²) in [6.07, 6.45) is 0. The highest BCUT2D eigenvalue weighted by molar-refractivity contribution is 7.54. The molecular weight excluding hydrogens is 211 g/mol. The fourth-order valence-corrected chi connectivity index (χ4v) is 2.74. The van der Waals surface area contributed by atoms with Crippen molar-refractivity contribution in [3.63, 3.8) is 0 Å². The lowest BCUT2D eigenvalue weighted by Gasteiger charge is -2.21. The van der Waals surface area contributed by atoms with Gasteiger partial charge in [0.05, 0.1) is 5.66 Å². The second kappa shape index (κ2) is 4.93. The maximum absolute atomic E-state index is 12.1. The zero-order valence-electron chi connectivity index (χ0n) is 9.56. The molecule has 0 aliphatic rings. The van der Waals surface area contributed by atoms with Crippen LogP contribution in [0.15, 0.2) is 24.3 Å². The normalized spacial score (nSPS) is 13.9. The van der Waals surface area contributed by atoms with Gasteiger partial charge in [0.15, 0.2) is 0 Å². The first-order chi connectivity index (χ1) is 7.03. The highest BCUT2D eigenvalue weighted by Gasteiger charge is 2.31. The van der Waals surface area contributed by atoms with E-state index >= 15 is 0 Å². The Kier molecular flexibility index (Phi) is 4.09. The quantitative estimate of drug-likeness (QED) is 0.739. The van der Waals surface area contributed by atoms with E-state index in [0.717, 1.165) is 5.56 Å². The molecule has 0 aliphatic carbocycles. The van der Waals surface area contributed by atoms with E-state index in [1.54, 1.807) is 0 Å². The molecule has 0 spiro atoms. The Morgan fingerprint density at radius 1 is 1.13 bits per heavy atom. The summed E-state index contributed by atoms with van der Waals surface area (Å²) in [5.74, 6) is 0. The average molecular weight is 228 g/mol. The van der Waals surface area contributed by atoms with Gasteiger partial charge in [-0.3, -0.25) is 4.57 Å². The van der Waals surface area contributed by atoms with Gasteiger partial charge in [-0.25, -0.2) is 0 Å². The molecule has 1 aromatic rings. The first-order valence-corrected chi connectivity index (χ1v) is 6.42. The summed E-state index contributed by atoms with van der Waals surface area (Å²) < 4.78 is 22.0. The maximum Gasteiger partial charge on any atom is 0.337 e. The second-order valence-electron chi connectivity index (χ2n) is 3.49. The van der Waals surface area contributed by atoms with Gasteiger partial charge in [-0.1, -0.05) is 29.8 Å². The molecule has 0 saturated carbocycles. The largest absolute Gasteiger partial charge is 0.337 e. The summed E-state index contributed by atoms with van der Waals surface area (Å²) in [4.78, 5) is 0. The fraction of sp³-hybridized carbons (Fsp3) is 0.455. The zero-order valence-corrected chi connectivity index (χ0v) is 10.5. The van der Waals surface area contributed by atoms with Gasteiger partial charge in [0.1, 0.15) is 0 Å². The highest BCUT2D eigenvalue weighted by atomic mass is 31.2. The third kappa shape index (κ3) is 2.69. The molecule has 1 aromatic carbocycles.